The summed E-state index contributed by atoms with van der Waals surface area (Å²) in [7, 11) is 0. The summed E-state index contributed by atoms with van der Waals surface area (Å²) in [6.45, 7) is 1.94. The standard InChI is InChI=1S/C12H12BrN3O3/c1-6-2-3-8(7(13)4-6)14-10(17)5-9-11(18)16-12(19)15-9/h2-4,9H,5H2,1H3,(H,14,17)(H2,15,16,18,19). The first kappa shape index (κ1) is 13.5. The van der Waals surface area contributed by atoms with Crippen LogP contribution in [0.2, 0.25) is 0 Å². The number of nitrogens with one attached hydrogen (secondary N) is 3. The van der Waals surface area contributed by atoms with Crippen LogP contribution >= 0.6 is 15.9 Å². The van der Waals surface area contributed by atoms with Gasteiger partial charge in [-0.25, -0.2) is 4.79 Å². The van der Waals surface area contributed by atoms with Crippen LogP contribution in [0.15, 0.2) is 22.7 Å². The van der Waals surface area contributed by atoms with Gasteiger partial charge >= 0.3 is 6.03 Å². The van der Waals surface area contributed by atoms with Crippen molar-refractivity contribution >= 4 is 39.5 Å². The number of hydrogen-bond acceptors (Lipinski definition) is 3. The Hall–Kier alpha value is -1.89. The molecule has 1 unspecified atom stereocenters. The average molecular weight is 326 g/mol. The lowest BCUT2D eigenvalue weighted by atomic mass is 10.2. The van der Waals surface area contributed by atoms with Crippen molar-refractivity contribution in [1.29, 1.82) is 0 Å². The molecular formula is C12H12BrN3O3. The minimum atomic E-state index is -0.809. The monoisotopic (exact) mass is 325 g/mol. The van der Waals surface area contributed by atoms with Gasteiger partial charge in [0.2, 0.25) is 5.91 Å². The van der Waals surface area contributed by atoms with Crippen molar-refractivity contribution in [2.45, 2.75) is 19.4 Å². The second kappa shape index (κ2) is 5.40. The van der Waals surface area contributed by atoms with E-state index in [4.69, 9.17) is 0 Å². The summed E-state index contributed by atoms with van der Waals surface area (Å²) in [4.78, 5) is 34.0. The van der Waals surface area contributed by atoms with Gasteiger partial charge in [-0.05, 0) is 40.5 Å². The van der Waals surface area contributed by atoms with Crippen LogP contribution in [0.4, 0.5) is 10.5 Å². The van der Waals surface area contributed by atoms with Gasteiger partial charge in [0.25, 0.3) is 5.91 Å². The van der Waals surface area contributed by atoms with E-state index in [0.29, 0.717) is 5.69 Å². The second-order valence-corrected chi connectivity index (χ2v) is 5.11. The number of carbonyl (C=O) groups excluding carboxylic acids is 3. The summed E-state index contributed by atoms with van der Waals surface area (Å²) in [5.74, 6) is -0.824. The SMILES string of the molecule is Cc1ccc(NC(=O)CC2NC(=O)NC2=O)c(Br)c1. The molecule has 19 heavy (non-hydrogen) atoms. The number of imide groups is 1. The molecule has 4 amide bonds. The predicted octanol–water partition coefficient (Wildman–Crippen LogP) is 1.29. The third-order valence-corrected chi connectivity index (χ3v) is 3.30. The summed E-state index contributed by atoms with van der Waals surface area (Å²) in [5, 5.41) is 7.13. The van der Waals surface area contributed by atoms with Gasteiger partial charge in [0, 0.05) is 4.47 Å². The van der Waals surface area contributed by atoms with E-state index in [9.17, 15) is 14.4 Å². The molecule has 2 rings (SSSR count). The maximum absolute atomic E-state index is 11.8. The first-order valence-electron chi connectivity index (χ1n) is 5.63. The Bertz CT molecular complexity index is 559. The highest BCUT2D eigenvalue weighted by atomic mass is 79.9. The van der Waals surface area contributed by atoms with Crippen LogP contribution in [0.5, 0.6) is 0 Å². The zero-order valence-electron chi connectivity index (χ0n) is 10.1. The molecule has 1 fully saturated rings. The van der Waals surface area contributed by atoms with E-state index in [0.717, 1.165) is 10.0 Å². The van der Waals surface area contributed by atoms with Gasteiger partial charge in [-0.1, -0.05) is 6.07 Å². The number of amides is 4. The highest BCUT2D eigenvalue weighted by Crippen LogP contribution is 2.23. The summed E-state index contributed by atoms with van der Waals surface area (Å²) < 4.78 is 0.765. The molecule has 100 valence electrons. The van der Waals surface area contributed by atoms with E-state index in [1.807, 2.05) is 19.1 Å². The van der Waals surface area contributed by atoms with Crippen molar-refractivity contribution in [2.24, 2.45) is 0 Å². The molecular weight excluding hydrogens is 314 g/mol. The van der Waals surface area contributed by atoms with Gasteiger partial charge in [-0.3, -0.25) is 14.9 Å². The first-order valence-corrected chi connectivity index (χ1v) is 6.42. The van der Waals surface area contributed by atoms with E-state index < -0.39 is 18.0 Å². The summed E-state index contributed by atoms with van der Waals surface area (Å²) in [6, 6.07) is 4.13. The quantitative estimate of drug-likeness (QED) is 0.732. The molecule has 0 radical (unpaired) electrons. The molecule has 0 aromatic heterocycles. The van der Waals surface area contributed by atoms with Gasteiger partial charge in [0.05, 0.1) is 12.1 Å². The lowest BCUT2D eigenvalue weighted by Crippen LogP contribution is -2.33. The maximum atomic E-state index is 11.8. The van der Waals surface area contributed by atoms with Crippen molar-refractivity contribution in [1.82, 2.24) is 10.6 Å². The Kier molecular flexibility index (Phi) is 3.84. The molecule has 1 aromatic carbocycles. The van der Waals surface area contributed by atoms with Crippen molar-refractivity contribution in [3.63, 3.8) is 0 Å². The van der Waals surface area contributed by atoms with Crippen LogP contribution in [-0.2, 0) is 9.59 Å². The molecule has 0 spiro atoms. The topological polar surface area (TPSA) is 87.3 Å². The second-order valence-electron chi connectivity index (χ2n) is 4.25. The number of carbonyl (C=O) groups is 3. The van der Waals surface area contributed by atoms with Gasteiger partial charge in [0.1, 0.15) is 6.04 Å². The Balaban J connectivity index is 1.98. The van der Waals surface area contributed by atoms with Crippen molar-refractivity contribution in [3.8, 4) is 0 Å². The number of halogens is 1. The Morgan fingerprint density at radius 2 is 2.16 bits per heavy atom. The molecule has 1 atom stereocenters. The minimum Gasteiger partial charge on any atom is -0.325 e. The molecule has 0 saturated carbocycles. The molecule has 1 saturated heterocycles. The number of rotatable bonds is 3. The van der Waals surface area contributed by atoms with E-state index >= 15 is 0 Å². The number of anilines is 1. The third-order valence-electron chi connectivity index (χ3n) is 2.65. The fourth-order valence-electron chi connectivity index (χ4n) is 1.71. The summed E-state index contributed by atoms with van der Waals surface area (Å²) >= 11 is 3.35. The van der Waals surface area contributed by atoms with Crippen molar-refractivity contribution < 1.29 is 14.4 Å². The lowest BCUT2D eigenvalue weighted by molar-refractivity contribution is -0.124. The number of urea groups is 1. The van der Waals surface area contributed by atoms with E-state index in [1.165, 1.54) is 0 Å². The van der Waals surface area contributed by atoms with Gasteiger partial charge in [-0.2, -0.15) is 0 Å². The molecule has 1 aromatic rings. The van der Waals surface area contributed by atoms with Crippen molar-refractivity contribution in [3.05, 3.63) is 28.2 Å². The smallest absolute Gasteiger partial charge is 0.322 e. The van der Waals surface area contributed by atoms with E-state index in [2.05, 4.69) is 31.9 Å². The summed E-state index contributed by atoms with van der Waals surface area (Å²) in [5.41, 5.74) is 1.69. The van der Waals surface area contributed by atoms with Crippen LogP contribution in [0, 0.1) is 6.92 Å². The highest BCUT2D eigenvalue weighted by molar-refractivity contribution is 9.10. The fourth-order valence-corrected chi connectivity index (χ4v) is 2.30. The number of benzene rings is 1. The first-order chi connectivity index (χ1) is 8.95. The predicted molar refractivity (Wildman–Crippen MR) is 72.6 cm³/mol. The van der Waals surface area contributed by atoms with Crippen LogP contribution in [0.25, 0.3) is 0 Å². The Morgan fingerprint density at radius 1 is 1.42 bits per heavy atom. The minimum absolute atomic E-state index is 0.0993. The summed E-state index contributed by atoms with van der Waals surface area (Å²) in [6.07, 6.45) is -0.0993. The normalized spacial score (nSPS) is 17.9. The largest absolute Gasteiger partial charge is 0.325 e. The molecule has 6 nitrogen and oxygen atoms in total. The maximum Gasteiger partial charge on any atom is 0.322 e. The zero-order chi connectivity index (χ0) is 14.0. The van der Waals surface area contributed by atoms with E-state index in [-0.39, 0.29) is 12.3 Å². The number of hydrogen-bond donors (Lipinski definition) is 3. The number of aryl methyl sites for hydroxylation is 1. The molecule has 0 aliphatic carbocycles. The average Bonchev–Trinajstić information content (AvgIpc) is 2.61. The van der Waals surface area contributed by atoms with Crippen molar-refractivity contribution in [2.75, 3.05) is 5.32 Å². The molecule has 3 N–H and O–H groups in total. The molecule has 1 aliphatic heterocycles. The third kappa shape index (κ3) is 3.31. The Morgan fingerprint density at radius 3 is 2.74 bits per heavy atom. The van der Waals surface area contributed by atoms with Crippen LogP contribution < -0.4 is 16.0 Å². The van der Waals surface area contributed by atoms with Crippen LogP contribution in [0.1, 0.15) is 12.0 Å². The van der Waals surface area contributed by atoms with E-state index in [1.54, 1.807) is 6.07 Å². The Labute approximate surface area is 118 Å². The molecule has 1 heterocycles. The van der Waals surface area contributed by atoms with Crippen LogP contribution in [0.3, 0.4) is 0 Å². The zero-order valence-corrected chi connectivity index (χ0v) is 11.7. The molecule has 1 aliphatic rings. The van der Waals surface area contributed by atoms with Gasteiger partial charge in [0.15, 0.2) is 0 Å². The van der Waals surface area contributed by atoms with Gasteiger partial charge in [-0.15, -0.1) is 0 Å². The molecule has 0 bridgehead atoms. The van der Waals surface area contributed by atoms with Gasteiger partial charge < -0.3 is 10.6 Å². The highest BCUT2D eigenvalue weighted by Gasteiger charge is 2.31. The lowest BCUT2D eigenvalue weighted by Gasteiger charge is -2.10. The van der Waals surface area contributed by atoms with Crippen LogP contribution in [-0.4, -0.2) is 23.9 Å². The molecule has 7 heteroatoms. The fraction of sp³-hybridized carbons (Fsp3) is 0.250.